The summed E-state index contributed by atoms with van der Waals surface area (Å²) in [6, 6.07) is 5.15. The summed E-state index contributed by atoms with van der Waals surface area (Å²) in [6.07, 6.45) is -1.35. The fourth-order valence-electron chi connectivity index (χ4n) is 1.56. The zero-order valence-electron chi connectivity index (χ0n) is 8.93. The number of benzene rings is 1. The molecule has 5 heteroatoms. The highest BCUT2D eigenvalue weighted by molar-refractivity contribution is 5.87. The molecule has 0 aliphatic carbocycles. The molecular weight excluding hydrogens is 210 g/mol. The highest BCUT2D eigenvalue weighted by Gasteiger charge is 2.22. The maximum absolute atomic E-state index is 11.2. The van der Waals surface area contributed by atoms with Crippen LogP contribution in [0.25, 0.3) is 11.0 Å². The lowest BCUT2D eigenvalue weighted by atomic mass is 10.1. The number of nitrogens with zero attached hydrogens (tertiary/aromatic N) is 1. The van der Waals surface area contributed by atoms with E-state index < -0.39 is 12.1 Å². The highest BCUT2D eigenvalue weighted by Crippen LogP contribution is 2.26. The van der Waals surface area contributed by atoms with Crippen LogP contribution in [0, 0.1) is 6.92 Å². The third-order valence-corrected chi connectivity index (χ3v) is 2.43. The normalized spacial score (nSPS) is 12.7. The number of carbonyl (C=O) groups is 1. The summed E-state index contributed by atoms with van der Waals surface area (Å²) in [4.78, 5) is 11.2. The van der Waals surface area contributed by atoms with Gasteiger partial charge in [0.2, 0.25) is 0 Å². The monoisotopic (exact) mass is 221 g/mol. The first-order chi connectivity index (χ1) is 7.65. The Balaban J connectivity index is 2.56. The second-order valence-corrected chi connectivity index (χ2v) is 3.42. The van der Waals surface area contributed by atoms with E-state index >= 15 is 0 Å². The summed E-state index contributed by atoms with van der Waals surface area (Å²) in [5, 5.41) is 14.3. The number of rotatable bonds is 2. The van der Waals surface area contributed by atoms with Crippen LogP contribution in [0.4, 0.5) is 0 Å². The van der Waals surface area contributed by atoms with Crippen LogP contribution in [-0.2, 0) is 9.53 Å². The minimum atomic E-state index is -1.35. The van der Waals surface area contributed by atoms with E-state index in [9.17, 15) is 9.90 Å². The van der Waals surface area contributed by atoms with E-state index in [4.69, 9.17) is 4.52 Å². The van der Waals surface area contributed by atoms with E-state index in [1.54, 1.807) is 19.1 Å². The molecule has 2 rings (SSSR count). The van der Waals surface area contributed by atoms with Gasteiger partial charge in [0.1, 0.15) is 0 Å². The van der Waals surface area contributed by atoms with Gasteiger partial charge in [-0.1, -0.05) is 17.3 Å². The van der Waals surface area contributed by atoms with Gasteiger partial charge >= 0.3 is 5.97 Å². The molecule has 0 aliphatic rings. The highest BCUT2D eigenvalue weighted by atomic mass is 16.5. The van der Waals surface area contributed by atoms with Crippen molar-refractivity contribution in [2.75, 3.05) is 7.11 Å². The average Bonchev–Trinajstić information content (AvgIpc) is 2.69. The first-order valence-electron chi connectivity index (χ1n) is 4.76. The summed E-state index contributed by atoms with van der Waals surface area (Å²) in [6.45, 7) is 1.79. The van der Waals surface area contributed by atoms with E-state index in [1.165, 1.54) is 7.11 Å². The van der Waals surface area contributed by atoms with Crippen molar-refractivity contribution in [2.45, 2.75) is 13.0 Å². The quantitative estimate of drug-likeness (QED) is 0.775. The van der Waals surface area contributed by atoms with Gasteiger partial charge < -0.3 is 14.4 Å². The molecule has 0 aliphatic heterocycles. The molecule has 0 bridgehead atoms. The van der Waals surface area contributed by atoms with Crippen molar-refractivity contribution in [1.82, 2.24) is 5.16 Å². The van der Waals surface area contributed by atoms with Crippen molar-refractivity contribution in [1.29, 1.82) is 0 Å². The number of carbonyl (C=O) groups excluding carboxylic acids is 1. The minimum absolute atomic E-state index is 0.366. The number of methoxy groups -OCH3 is 1. The topological polar surface area (TPSA) is 72.6 Å². The van der Waals surface area contributed by atoms with Crippen LogP contribution < -0.4 is 0 Å². The summed E-state index contributed by atoms with van der Waals surface area (Å²) in [5.41, 5.74) is 1.50. The van der Waals surface area contributed by atoms with Crippen molar-refractivity contribution in [3.8, 4) is 0 Å². The van der Waals surface area contributed by atoms with Crippen molar-refractivity contribution < 1.29 is 19.2 Å². The van der Waals surface area contributed by atoms with Gasteiger partial charge in [-0.25, -0.2) is 4.79 Å². The molecule has 1 heterocycles. The molecule has 0 saturated carbocycles. The molecule has 0 radical (unpaired) electrons. The number of aromatic nitrogens is 1. The second-order valence-electron chi connectivity index (χ2n) is 3.42. The molecule has 1 atom stereocenters. The number of aliphatic hydroxyl groups is 1. The molecular formula is C11H11NO4. The Morgan fingerprint density at radius 2 is 2.31 bits per heavy atom. The number of para-hydroxylation sites is 1. The van der Waals surface area contributed by atoms with Gasteiger partial charge in [0.15, 0.2) is 11.7 Å². The van der Waals surface area contributed by atoms with E-state index in [-0.39, 0.29) is 0 Å². The molecule has 1 unspecified atom stereocenters. The number of aryl methyl sites for hydroxylation is 1. The summed E-state index contributed by atoms with van der Waals surface area (Å²) in [7, 11) is 1.22. The van der Waals surface area contributed by atoms with Crippen LogP contribution >= 0.6 is 0 Å². The summed E-state index contributed by atoms with van der Waals surface area (Å²) >= 11 is 0. The standard InChI is InChI=1S/C11H11NO4/c1-6-7-4-3-5-8(10(7)16-12-6)9(13)11(14)15-2/h3-5,9,13H,1-2H3. The Kier molecular flexibility index (Phi) is 2.62. The van der Waals surface area contributed by atoms with E-state index in [1.807, 2.05) is 6.07 Å². The Hall–Kier alpha value is -1.88. The van der Waals surface area contributed by atoms with Crippen LogP contribution in [0.2, 0.25) is 0 Å². The molecule has 1 N–H and O–H groups in total. The third-order valence-electron chi connectivity index (χ3n) is 2.43. The molecule has 0 amide bonds. The Morgan fingerprint density at radius 3 is 3.00 bits per heavy atom. The molecule has 1 aromatic carbocycles. The number of esters is 1. The van der Waals surface area contributed by atoms with Crippen LogP contribution in [0.5, 0.6) is 0 Å². The van der Waals surface area contributed by atoms with Gasteiger partial charge in [0, 0.05) is 10.9 Å². The summed E-state index contributed by atoms with van der Waals surface area (Å²) in [5.74, 6) is -0.721. The zero-order chi connectivity index (χ0) is 11.7. The first-order valence-corrected chi connectivity index (χ1v) is 4.76. The lowest BCUT2D eigenvalue weighted by Gasteiger charge is -2.07. The van der Waals surface area contributed by atoms with Crippen LogP contribution in [-0.4, -0.2) is 23.3 Å². The van der Waals surface area contributed by atoms with Crippen molar-refractivity contribution in [3.63, 3.8) is 0 Å². The number of fused-ring (bicyclic) bond motifs is 1. The van der Waals surface area contributed by atoms with Crippen LogP contribution in [0.1, 0.15) is 17.4 Å². The molecule has 5 nitrogen and oxygen atoms in total. The fraction of sp³-hybridized carbons (Fsp3) is 0.273. The first kappa shape index (κ1) is 10.6. The minimum Gasteiger partial charge on any atom is -0.467 e. The fourth-order valence-corrected chi connectivity index (χ4v) is 1.56. The SMILES string of the molecule is COC(=O)C(O)c1cccc2c(C)noc12. The van der Waals surface area contributed by atoms with Gasteiger partial charge in [0.05, 0.1) is 12.8 Å². The van der Waals surface area contributed by atoms with Gasteiger partial charge in [-0.05, 0) is 13.0 Å². The Morgan fingerprint density at radius 1 is 1.56 bits per heavy atom. The smallest absolute Gasteiger partial charge is 0.339 e. The predicted octanol–water partition coefficient (Wildman–Crippen LogP) is 1.34. The van der Waals surface area contributed by atoms with Crippen LogP contribution in [0.3, 0.4) is 0 Å². The number of aliphatic hydroxyl groups excluding tert-OH is 1. The molecule has 84 valence electrons. The lowest BCUT2D eigenvalue weighted by molar-refractivity contribution is -0.150. The van der Waals surface area contributed by atoms with Gasteiger partial charge in [-0.15, -0.1) is 0 Å². The van der Waals surface area contributed by atoms with E-state index in [2.05, 4.69) is 9.89 Å². The van der Waals surface area contributed by atoms with E-state index in [0.717, 1.165) is 5.39 Å². The molecule has 0 fully saturated rings. The van der Waals surface area contributed by atoms with Gasteiger partial charge in [-0.2, -0.15) is 0 Å². The predicted molar refractivity (Wildman–Crippen MR) is 55.7 cm³/mol. The molecule has 0 spiro atoms. The second kappa shape index (κ2) is 3.94. The largest absolute Gasteiger partial charge is 0.467 e. The zero-order valence-corrected chi connectivity index (χ0v) is 8.93. The molecule has 16 heavy (non-hydrogen) atoms. The number of hydrogen-bond donors (Lipinski definition) is 1. The van der Waals surface area contributed by atoms with Crippen LogP contribution in [0.15, 0.2) is 22.7 Å². The Labute approximate surface area is 91.6 Å². The van der Waals surface area contributed by atoms with E-state index in [0.29, 0.717) is 16.8 Å². The molecule has 2 aromatic rings. The average molecular weight is 221 g/mol. The van der Waals surface area contributed by atoms with Gasteiger partial charge in [-0.3, -0.25) is 0 Å². The third kappa shape index (κ3) is 1.55. The number of hydrogen-bond acceptors (Lipinski definition) is 5. The molecule has 1 aromatic heterocycles. The summed E-state index contributed by atoms with van der Waals surface area (Å²) < 4.78 is 9.55. The Bertz CT molecular complexity index is 532. The maximum atomic E-state index is 11.2. The molecule has 0 saturated heterocycles. The number of ether oxygens (including phenoxy) is 1. The van der Waals surface area contributed by atoms with Crippen molar-refractivity contribution in [2.24, 2.45) is 0 Å². The van der Waals surface area contributed by atoms with Crippen molar-refractivity contribution in [3.05, 3.63) is 29.5 Å². The lowest BCUT2D eigenvalue weighted by Crippen LogP contribution is -2.13. The maximum Gasteiger partial charge on any atom is 0.339 e. The van der Waals surface area contributed by atoms with Crippen molar-refractivity contribution >= 4 is 16.9 Å². The van der Waals surface area contributed by atoms with Gasteiger partial charge in [0.25, 0.3) is 0 Å².